The first kappa shape index (κ1) is 13.1. The number of esters is 1. The van der Waals surface area contributed by atoms with Gasteiger partial charge in [-0.15, -0.1) is 0 Å². The molecule has 0 aliphatic rings. The third-order valence-electron chi connectivity index (χ3n) is 2.06. The number of unbranched alkanes of at least 4 members (excludes halogenated alkanes) is 4. The lowest BCUT2D eigenvalue weighted by molar-refractivity contribution is -0.149. The molecule has 0 amide bonds. The summed E-state index contributed by atoms with van der Waals surface area (Å²) in [6, 6.07) is 0. The molecule has 0 aromatic carbocycles. The summed E-state index contributed by atoms with van der Waals surface area (Å²) in [6.45, 7) is 3.49. The quantitative estimate of drug-likeness (QED) is 0.343. The van der Waals surface area contributed by atoms with Gasteiger partial charge in [0.1, 0.15) is 0 Å². The number of ether oxygens (including phenoxy) is 1. The number of hydrogen-bond acceptors (Lipinski definition) is 3. The normalized spacial score (nSPS) is 12.1. The summed E-state index contributed by atoms with van der Waals surface area (Å²) in [5.74, 6) is -0.379. The standard InChI is InChI=1S/C11H20O3/c1-3-4-5-6-7-8-11(9-12)14-10(2)13/h9,11H,3-8H2,1-2H3. The van der Waals surface area contributed by atoms with E-state index in [0.717, 1.165) is 12.8 Å². The van der Waals surface area contributed by atoms with Gasteiger partial charge in [0.15, 0.2) is 12.4 Å². The van der Waals surface area contributed by atoms with Crippen LogP contribution in [-0.4, -0.2) is 18.4 Å². The molecule has 3 heteroatoms. The van der Waals surface area contributed by atoms with E-state index in [9.17, 15) is 9.59 Å². The third-order valence-corrected chi connectivity index (χ3v) is 2.06. The van der Waals surface area contributed by atoms with Gasteiger partial charge in [0, 0.05) is 6.92 Å². The van der Waals surface area contributed by atoms with Crippen molar-refractivity contribution in [1.29, 1.82) is 0 Å². The number of carbonyl (C=O) groups is 2. The molecule has 1 atom stereocenters. The molecule has 0 spiro atoms. The second kappa shape index (κ2) is 8.73. The molecule has 0 heterocycles. The van der Waals surface area contributed by atoms with Gasteiger partial charge in [0.2, 0.25) is 0 Å². The van der Waals surface area contributed by atoms with E-state index in [1.165, 1.54) is 26.2 Å². The highest BCUT2D eigenvalue weighted by Crippen LogP contribution is 2.08. The summed E-state index contributed by atoms with van der Waals surface area (Å²) in [5, 5.41) is 0. The number of carbonyl (C=O) groups excluding carboxylic acids is 2. The lowest BCUT2D eigenvalue weighted by atomic mass is 10.1. The van der Waals surface area contributed by atoms with Crippen LogP contribution in [0.5, 0.6) is 0 Å². The maximum atomic E-state index is 10.6. The van der Waals surface area contributed by atoms with Crippen molar-refractivity contribution in [2.24, 2.45) is 0 Å². The van der Waals surface area contributed by atoms with Crippen molar-refractivity contribution in [2.75, 3.05) is 0 Å². The van der Waals surface area contributed by atoms with Crippen LogP contribution < -0.4 is 0 Å². The molecule has 0 aromatic heterocycles. The molecule has 0 aliphatic carbocycles. The molecule has 82 valence electrons. The van der Waals surface area contributed by atoms with Gasteiger partial charge < -0.3 is 4.74 Å². The van der Waals surface area contributed by atoms with Crippen molar-refractivity contribution in [3.05, 3.63) is 0 Å². The van der Waals surface area contributed by atoms with Gasteiger partial charge >= 0.3 is 5.97 Å². The Balaban J connectivity index is 3.43. The first-order valence-corrected chi connectivity index (χ1v) is 5.33. The summed E-state index contributed by atoms with van der Waals surface area (Å²) in [4.78, 5) is 21.1. The average Bonchev–Trinajstić information content (AvgIpc) is 2.15. The zero-order valence-electron chi connectivity index (χ0n) is 9.12. The minimum atomic E-state index is -0.533. The van der Waals surface area contributed by atoms with E-state index in [4.69, 9.17) is 4.74 Å². The molecule has 0 radical (unpaired) electrons. The second-order valence-corrected chi connectivity index (χ2v) is 3.49. The van der Waals surface area contributed by atoms with E-state index in [2.05, 4.69) is 6.92 Å². The van der Waals surface area contributed by atoms with Gasteiger partial charge in [-0.25, -0.2) is 0 Å². The first-order valence-electron chi connectivity index (χ1n) is 5.33. The molecular formula is C11H20O3. The van der Waals surface area contributed by atoms with Gasteiger partial charge in [-0.1, -0.05) is 32.6 Å². The Morgan fingerprint density at radius 3 is 2.43 bits per heavy atom. The second-order valence-electron chi connectivity index (χ2n) is 3.49. The largest absolute Gasteiger partial charge is 0.455 e. The molecule has 0 fully saturated rings. The summed E-state index contributed by atoms with van der Waals surface area (Å²) in [7, 11) is 0. The fourth-order valence-electron chi connectivity index (χ4n) is 1.32. The Morgan fingerprint density at radius 1 is 1.29 bits per heavy atom. The first-order chi connectivity index (χ1) is 6.70. The van der Waals surface area contributed by atoms with Crippen molar-refractivity contribution in [1.82, 2.24) is 0 Å². The SMILES string of the molecule is CCCCCCCC(C=O)OC(C)=O. The Morgan fingerprint density at radius 2 is 1.93 bits per heavy atom. The van der Waals surface area contributed by atoms with Crippen LogP contribution in [0.2, 0.25) is 0 Å². The predicted octanol–water partition coefficient (Wildman–Crippen LogP) is 2.48. The number of hydrogen-bond donors (Lipinski definition) is 0. The van der Waals surface area contributed by atoms with Gasteiger partial charge in [-0.05, 0) is 12.8 Å². The fraction of sp³-hybridized carbons (Fsp3) is 0.818. The molecule has 14 heavy (non-hydrogen) atoms. The van der Waals surface area contributed by atoms with Crippen LogP contribution in [0.1, 0.15) is 52.4 Å². The Labute approximate surface area is 85.8 Å². The zero-order valence-corrected chi connectivity index (χ0v) is 9.12. The van der Waals surface area contributed by atoms with Gasteiger partial charge in [-0.3, -0.25) is 9.59 Å². The van der Waals surface area contributed by atoms with E-state index in [1.807, 2.05) is 0 Å². The molecule has 0 saturated carbocycles. The average molecular weight is 200 g/mol. The summed E-state index contributed by atoms with van der Waals surface area (Å²) in [5.41, 5.74) is 0. The third kappa shape index (κ3) is 7.77. The Bertz CT molecular complexity index is 166. The van der Waals surface area contributed by atoms with Crippen LogP contribution >= 0.6 is 0 Å². The van der Waals surface area contributed by atoms with Crippen LogP contribution in [0.3, 0.4) is 0 Å². The summed E-state index contributed by atoms with van der Waals surface area (Å²) < 4.78 is 4.80. The van der Waals surface area contributed by atoms with E-state index in [-0.39, 0.29) is 5.97 Å². The summed E-state index contributed by atoms with van der Waals surface area (Å²) >= 11 is 0. The highest BCUT2D eigenvalue weighted by Gasteiger charge is 2.09. The van der Waals surface area contributed by atoms with Crippen molar-refractivity contribution in [2.45, 2.75) is 58.5 Å². The van der Waals surface area contributed by atoms with Crippen molar-refractivity contribution < 1.29 is 14.3 Å². The number of aldehydes is 1. The topological polar surface area (TPSA) is 43.4 Å². The van der Waals surface area contributed by atoms with Gasteiger partial charge in [0.05, 0.1) is 0 Å². The highest BCUT2D eigenvalue weighted by molar-refractivity contribution is 5.69. The lowest BCUT2D eigenvalue weighted by Crippen LogP contribution is -2.17. The Hall–Kier alpha value is -0.860. The molecular weight excluding hydrogens is 180 g/mol. The monoisotopic (exact) mass is 200 g/mol. The number of rotatable bonds is 8. The molecule has 0 rings (SSSR count). The van der Waals surface area contributed by atoms with Crippen LogP contribution in [0, 0.1) is 0 Å². The van der Waals surface area contributed by atoms with Crippen molar-refractivity contribution >= 4 is 12.3 Å². The van der Waals surface area contributed by atoms with Crippen LogP contribution in [0.15, 0.2) is 0 Å². The maximum Gasteiger partial charge on any atom is 0.303 e. The van der Waals surface area contributed by atoms with Gasteiger partial charge in [0.25, 0.3) is 0 Å². The molecule has 0 bridgehead atoms. The van der Waals surface area contributed by atoms with E-state index in [0.29, 0.717) is 12.7 Å². The maximum absolute atomic E-state index is 10.6. The fourth-order valence-corrected chi connectivity index (χ4v) is 1.32. The smallest absolute Gasteiger partial charge is 0.303 e. The van der Waals surface area contributed by atoms with Crippen molar-refractivity contribution in [3.63, 3.8) is 0 Å². The molecule has 3 nitrogen and oxygen atoms in total. The van der Waals surface area contributed by atoms with E-state index < -0.39 is 6.10 Å². The Kier molecular flexibility index (Phi) is 8.19. The molecule has 0 N–H and O–H groups in total. The van der Waals surface area contributed by atoms with Crippen LogP contribution in [0.4, 0.5) is 0 Å². The highest BCUT2D eigenvalue weighted by atomic mass is 16.5. The molecule has 0 aliphatic heterocycles. The lowest BCUT2D eigenvalue weighted by Gasteiger charge is -2.09. The van der Waals surface area contributed by atoms with Crippen molar-refractivity contribution in [3.8, 4) is 0 Å². The van der Waals surface area contributed by atoms with Gasteiger partial charge in [-0.2, -0.15) is 0 Å². The predicted molar refractivity (Wildman–Crippen MR) is 55.0 cm³/mol. The summed E-state index contributed by atoms with van der Waals surface area (Å²) in [6.07, 6.45) is 6.54. The minimum absolute atomic E-state index is 0.379. The molecule has 0 saturated heterocycles. The van der Waals surface area contributed by atoms with Crippen LogP contribution in [0.25, 0.3) is 0 Å². The van der Waals surface area contributed by atoms with E-state index in [1.54, 1.807) is 0 Å². The minimum Gasteiger partial charge on any atom is -0.455 e. The van der Waals surface area contributed by atoms with Crippen LogP contribution in [-0.2, 0) is 14.3 Å². The van der Waals surface area contributed by atoms with E-state index >= 15 is 0 Å². The molecule has 1 unspecified atom stereocenters. The molecule has 0 aromatic rings. The zero-order chi connectivity index (χ0) is 10.8.